The highest BCUT2D eigenvalue weighted by atomic mass is 32.2. The van der Waals surface area contributed by atoms with Crippen molar-refractivity contribution < 1.29 is 13.9 Å². The first-order valence-electron chi connectivity index (χ1n) is 12.2. The summed E-state index contributed by atoms with van der Waals surface area (Å²) in [4.78, 5) is 32.5. The number of aromatic nitrogens is 5. The van der Waals surface area contributed by atoms with E-state index in [0.717, 1.165) is 77.9 Å². The number of imidazole rings is 1. The Morgan fingerprint density at radius 3 is 2.86 bits per heavy atom. The normalized spacial score (nSPS) is 15.9. The number of hydrogen-bond donors (Lipinski definition) is 1. The van der Waals surface area contributed by atoms with E-state index in [2.05, 4.69) is 25.6 Å². The van der Waals surface area contributed by atoms with Crippen molar-refractivity contribution in [2.45, 2.75) is 49.2 Å². The third-order valence-electron chi connectivity index (χ3n) is 7.00. The number of rotatable bonds is 6. The predicted octanol–water partition coefficient (Wildman–Crippen LogP) is 3.80. The van der Waals surface area contributed by atoms with Crippen LogP contribution in [0.3, 0.4) is 0 Å². The monoisotopic (exact) mass is 505 g/mol. The second kappa shape index (κ2) is 9.45. The second-order valence-electron chi connectivity index (χ2n) is 9.21. The number of benzene rings is 1. The van der Waals surface area contributed by atoms with Gasteiger partial charge < -0.3 is 24.4 Å². The minimum absolute atomic E-state index is 0.153. The Morgan fingerprint density at radius 1 is 1.22 bits per heavy atom. The molecule has 3 aromatic heterocycles. The molecule has 6 rings (SSSR count). The maximum atomic E-state index is 11.7. The molecule has 10 nitrogen and oxygen atoms in total. The van der Waals surface area contributed by atoms with Crippen LogP contribution in [0.2, 0.25) is 0 Å². The third kappa shape index (κ3) is 4.27. The van der Waals surface area contributed by atoms with E-state index in [1.54, 1.807) is 19.4 Å². The number of carbonyl (C=O) groups is 1. The fourth-order valence-corrected chi connectivity index (χ4v) is 6.02. The molecule has 0 aliphatic carbocycles. The van der Waals surface area contributed by atoms with Crippen molar-refractivity contribution in [2.75, 3.05) is 25.4 Å². The van der Waals surface area contributed by atoms with Crippen LogP contribution in [0.25, 0.3) is 22.6 Å². The van der Waals surface area contributed by atoms with Gasteiger partial charge in [-0.1, -0.05) is 11.8 Å². The molecular formula is C25H27N7O3S. The van der Waals surface area contributed by atoms with E-state index in [-0.39, 0.29) is 5.91 Å². The highest BCUT2D eigenvalue weighted by Gasteiger charge is 2.25. The number of oxazole rings is 1. The van der Waals surface area contributed by atoms with Crippen molar-refractivity contribution in [3.8, 4) is 17.2 Å². The largest absolute Gasteiger partial charge is 0.493 e. The predicted molar refractivity (Wildman–Crippen MR) is 135 cm³/mol. The third-order valence-corrected chi connectivity index (χ3v) is 8.05. The number of aryl methyl sites for hydroxylation is 1. The number of nitrogens with two attached hydrogens (primary N) is 1. The first-order chi connectivity index (χ1) is 17.6. The van der Waals surface area contributed by atoms with Crippen LogP contribution in [0.5, 0.6) is 5.75 Å². The van der Waals surface area contributed by atoms with Crippen molar-refractivity contribution >= 4 is 34.7 Å². The van der Waals surface area contributed by atoms with E-state index in [4.69, 9.17) is 19.9 Å². The molecule has 4 aromatic rings. The van der Waals surface area contributed by atoms with Gasteiger partial charge in [-0.2, -0.15) is 0 Å². The number of ether oxygens (including phenoxy) is 1. The molecule has 36 heavy (non-hydrogen) atoms. The summed E-state index contributed by atoms with van der Waals surface area (Å²) in [5, 5.41) is 0.782. The maximum absolute atomic E-state index is 11.7. The van der Waals surface area contributed by atoms with Crippen molar-refractivity contribution in [1.29, 1.82) is 0 Å². The zero-order valence-corrected chi connectivity index (χ0v) is 20.8. The first-order valence-corrected chi connectivity index (χ1v) is 13.0. The summed E-state index contributed by atoms with van der Waals surface area (Å²) in [6, 6.07) is 4.14. The van der Waals surface area contributed by atoms with Gasteiger partial charge in [0.1, 0.15) is 18.3 Å². The van der Waals surface area contributed by atoms with Gasteiger partial charge in [0.15, 0.2) is 22.1 Å². The molecule has 2 N–H and O–H groups in total. The molecule has 2 aliphatic rings. The molecule has 186 valence electrons. The molecular weight excluding hydrogens is 478 g/mol. The van der Waals surface area contributed by atoms with Gasteiger partial charge in [0.2, 0.25) is 11.8 Å². The second-order valence-corrected chi connectivity index (χ2v) is 10.2. The molecule has 1 aromatic carbocycles. The molecule has 5 heterocycles. The van der Waals surface area contributed by atoms with Gasteiger partial charge in [-0.3, -0.25) is 4.79 Å². The fourth-order valence-electron chi connectivity index (χ4n) is 4.97. The number of piperidine rings is 1. The molecule has 1 amide bonds. The fraction of sp³-hybridized carbons (Fsp3) is 0.400. The molecule has 1 fully saturated rings. The standard InChI is InChI=1S/C25H27N7O3S/c1-15(33)31-7-2-16(3-8-31)4-9-32-23-21(22(26)28-14-29-23)30-25(32)36-20-13-19-17(5-10-34-19)12-18(20)24-27-6-11-35-24/h6,11-14,16H,2-5,7-10H2,1H3,(H2,26,28,29). The Balaban J connectivity index is 1.33. The summed E-state index contributed by atoms with van der Waals surface area (Å²) in [5.41, 5.74) is 9.55. The molecule has 1 saturated heterocycles. The minimum Gasteiger partial charge on any atom is -0.493 e. The zero-order chi connectivity index (χ0) is 24.6. The van der Waals surface area contributed by atoms with Crippen LogP contribution in [0.4, 0.5) is 5.82 Å². The van der Waals surface area contributed by atoms with Crippen LogP contribution < -0.4 is 10.5 Å². The Labute approximate surface area is 212 Å². The van der Waals surface area contributed by atoms with Gasteiger partial charge in [-0.05, 0) is 42.9 Å². The topological polar surface area (TPSA) is 125 Å². The van der Waals surface area contributed by atoms with Gasteiger partial charge in [-0.25, -0.2) is 19.9 Å². The van der Waals surface area contributed by atoms with E-state index < -0.39 is 0 Å². The zero-order valence-electron chi connectivity index (χ0n) is 20.0. The molecule has 0 spiro atoms. The van der Waals surface area contributed by atoms with E-state index in [9.17, 15) is 4.79 Å². The summed E-state index contributed by atoms with van der Waals surface area (Å²) >= 11 is 1.53. The molecule has 0 bridgehead atoms. The molecule has 0 unspecified atom stereocenters. The van der Waals surface area contributed by atoms with Gasteiger partial charge in [0, 0.05) is 37.9 Å². The number of anilines is 1. The minimum atomic E-state index is 0.153. The smallest absolute Gasteiger partial charge is 0.227 e. The number of nitrogen functional groups attached to an aromatic ring is 1. The van der Waals surface area contributed by atoms with E-state index in [0.29, 0.717) is 29.8 Å². The number of amides is 1. The molecule has 0 radical (unpaired) electrons. The summed E-state index contributed by atoms with van der Waals surface area (Å²) in [5.74, 6) is 2.49. The Morgan fingerprint density at radius 2 is 2.08 bits per heavy atom. The number of nitrogens with zero attached hydrogens (tertiary/aromatic N) is 6. The van der Waals surface area contributed by atoms with Crippen LogP contribution in [-0.2, 0) is 17.8 Å². The van der Waals surface area contributed by atoms with Crippen molar-refractivity contribution in [3.05, 3.63) is 36.5 Å². The molecule has 0 saturated carbocycles. The average molecular weight is 506 g/mol. The maximum Gasteiger partial charge on any atom is 0.227 e. The first kappa shape index (κ1) is 22.8. The lowest BCUT2D eigenvalue weighted by Crippen LogP contribution is -2.37. The summed E-state index contributed by atoms with van der Waals surface area (Å²) in [7, 11) is 0. The lowest BCUT2D eigenvalue weighted by molar-refractivity contribution is -0.130. The highest BCUT2D eigenvalue weighted by Crippen LogP contribution is 2.42. The van der Waals surface area contributed by atoms with Crippen molar-refractivity contribution in [3.63, 3.8) is 0 Å². The average Bonchev–Trinajstić information content (AvgIpc) is 3.63. The van der Waals surface area contributed by atoms with Crippen LogP contribution in [-0.4, -0.2) is 55.0 Å². The summed E-state index contributed by atoms with van der Waals surface area (Å²) in [6.07, 6.45) is 8.55. The van der Waals surface area contributed by atoms with Gasteiger partial charge in [0.05, 0.1) is 18.4 Å². The number of carbonyl (C=O) groups excluding carboxylic acids is 1. The summed E-state index contributed by atoms with van der Waals surface area (Å²) in [6.45, 7) is 4.69. The van der Waals surface area contributed by atoms with E-state index in [1.165, 1.54) is 18.1 Å². The Kier molecular flexibility index (Phi) is 6.00. The lowest BCUT2D eigenvalue weighted by Gasteiger charge is -2.31. The Hall–Kier alpha value is -3.60. The molecule has 2 aliphatic heterocycles. The Bertz CT molecular complexity index is 1410. The number of hydrogen-bond acceptors (Lipinski definition) is 9. The van der Waals surface area contributed by atoms with Crippen LogP contribution in [0.1, 0.15) is 31.7 Å². The number of likely N-dealkylation sites (tertiary alicyclic amines) is 1. The van der Waals surface area contributed by atoms with E-state index in [1.807, 2.05) is 11.0 Å². The van der Waals surface area contributed by atoms with Gasteiger partial charge >= 0.3 is 0 Å². The van der Waals surface area contributed by atoms with Gasteiger partial charge in [-0.15, -0.1) is 0 Å². The number of fused-ring (bicyclic) bond motifs is 2. The quantitative estimate of drug-likeness (QED) is 0.416. The van der Waals surface area contributed by atoms with Crippen LogP contribution in [0.15, 0.2) is 45.4 Å². The lowest BCUT2D eigenvalue weighted by atomic mass is 9.93. The molecule has 11 heteroatoms. The van der Waals surface area contributed by atoms with Crippen molar-refractivity contribution in [2.24, 2.45) is 5.92 Å². The highest BCUT2D eigenvalue weighted by molar-refractivity contribution is 7.99. The van der Waals surface area contributed by atoms with Crippen LogP contribution in [0, 0.1) is 5.92 Å². The van der Waals surface area contributed by atoms with Crippen molar-refractivity contribution in [1.82, 2.24) is 29.4 Å². The van der Waals surface area contributed by atoms with Crippen LogP contribution >= 0.6 is 11.8 Å². The SMILES string of the molecule is CC(=O)N1CCC(CCn2c(Sc3cc4c(cc3-c3ncco3)CCO4)nc3c(N)ncnc32)CC1. The van der Waals surface area contributed by atoms with Gasteiger partial charge in [0.25, 0.3) is 0 Å². The van der Waals surface area contributed by atoms with E-state index >= 15 is 0 Å². The summed E-state index contributed by atoms with van der Waals surface area (Å²) < 4.78 is 13.6. The molecule has 0 atom stereocenters.